The first-order chi connectivity index (χ1) is 59.0. The first-order valence-electron chi connectivity index (χ1n) is 36.7. The maximum absolute atomic E-state index is 14.3. The molecule has 0 aromatic carbocycles. The summed E-state index contributed by atoms with van der Waals surface area (Å²) in [5.74, 6) is -0.0437. The number of ether oxygens (including phenoxy) is 6. The van der Waals surface area contributed by atoms with E-state index in [4.69, 9.17) is 63.7 Å². The monoisotopic (exact) mass is 1780 g/mol. The van der Waals surface area contributed by atoms with Crippen LogP contribution in [0.3, 0.4) is 0 Å². The third kappa shape index (κ3) is 15.7. The Balaban J connectivity index is 0.000000129. The van der Waals surface area contributed by atoms with E-state index in [-0.39, 0.29) is 96.3 Å². The van der Waals surface area contributed by atoms with Crippen LogP contribution >= 0.6 is 0 Å². The highest BCUT2D eigenvalue weighted by molar-refractivity contribution is 5.83. The largest absolute Gasteiger partial charge is 0.393 e. The molecule has 18 rings (SSSR count). The highest BCUT2D eigenvalue weighted by Crippen LogP contribution is 2.46. The Morgan fingerprint density at radius 3 is 1.12 bits per heavy atom. The SMILES string of the molecule is CC1(CO)OC(n2cnc3c(=O)[nH]c(F)nc32)C(F)C1O.CC1(CO)OC(n2cnc3c(=O)[nH]c(N)nc32)C(F)C1O.CC1(CO)OC(n2cnc3c(=O)[nH]cnc32)C(F)C1O.CC1(CO)OC(n2cnc3c(N)[nH]c(=O)nc32)C(F)C1O.CC1(CO)OC(n2cnc3c(N)nc(N)nc32)C(F)C1O.[C-]#[N+]C1(CO)OC(n2cnc3c(N)ncnc32)C(F)C1O. The summed E-state index contributed by atoms with van der Waals surface area (Å²) in [7, 11) is 0. The minimum atomic E-state index is -2.04. The van der Waals surface area contributed by atoms with E-state index in [1.807, 2.05) is 4.98 Å². The maximum atomic E-state index is 14.3. The van der Waals surface area contributed by atoms with Gasteiger partial charge in [0.25, 0.3) is 22.8 Å². The molecule has 59 heteroatoms. The van der Waals surface area contributed by atoms with Crippen LogP contribution in [0.25, 0.3) is 71.8 Å². The van der Waals surface area contributed by atoms with Gasteiger partial charge in [-0.15, -0.1) is 0 Å². The molecule has 125 heavy (non-hydrogen) atoms. The number of hydrogen-bond donors (Lipinski definition) is 21. The van der Waals surface area contributed by atoms with Crippen molar-refractivity contribution < 1.29 is 120 Å². The van der Waals surface area contributed by atoms with Gasteiger partial charge in [0.1, 0.15) is 87.2 Å². The van der Waals surface area contributed by atoms with E-state index in [2.05, 4.69) is 89.6 Å². The molecule has 6 saturated heterocycles. The predicted molar refractivity (Wildman–Crippen MR) is 405 cm³/mol. The lowest BCUT2D eigenvalue weighted by Gasteiger charge is -2.24. The first-order valence-corrected chi connectivity index (χ1v) is 36.7. The molecule has 26 N–H and O–H groups in total. The van der Waals surface area contributed by atoms with Crippen molar-refractivity contribution in [1.82, 2.24) is 117 Å². The topological polar surface area (TPSA) is 774 Å². The van der Waals surface area contributed by atoms with Crippen molar-refractivity contribution in [1.29, 1.82) is 0 Å². The zero-order valence-corrected chi connectivity index (χ0v) is 65.1. The lowest BCUT2D eigenvalue weighted by Crippen LogP contribution is -2.42. The third-order valence-corrected chi connectivity index (χ3v) is 21.5. The molecule has 0 amide bonds. The molecule has 12 aromatic rings. The second-order valence-electron chi connectivity index (χ2n) is 30.0. The molecular formula is C66H79F7N30O22. The van der Waals surface area contributed by atoms with E-state index in [1.165, 1.54) is 102 Å². The van der Waals surface area contributed by atoms with Crippen LogP contribution in [0, 0.1) is 12.7 Å². The average Bonchev–Trinajstić information content (AvgIpc) is 1.63. The number of aromatic amines is 4. The zero-order chi connectivity index (χ0) is 91.1. The number of nitrogens with two attached hydrogens (primary N) is 5. The summed E-state index contributed by atoms with van der Waals surface area (Å²) >= 11 is 0. The van der Waals surface area contributed by atoms with Gasteiger partial charge in [0.05, 0.1) is 77.3 Å². The summed E-state index contributed by atoms with van der Waals surface area (Å²) in [5.41, 5.74) is 17.1. The van der Waals surface area contributed by atoms with Crippen molar-refractivity contribution in [3.63, 3.8) is 0 Å². The van der Waals surface area contributed by atoms with E-state index in [0.29, 0.717) is 0 Å². The summed E-state index contributed by atoms with van der Waals surface area (Å²) in [6.07, 6.45) is -19.7. The van der Waals surface area contributed by atoms with Gasteiger partial charge in [0.2, 0.25) is 11.9 Å². The number of nitrogens with one attached hydrogen (secondary N) is 4. The average molecular weight is 1780 g/mol. The highest BCUT2D eigenvalue weighted by Gasteiger charge is 2.63. The van der Waals surface area contributed by atoms with Gasteiger partial charge in [-0.3, -0.25) is 66.3 Å². The summed E-state index contributed by atoms with van der Waals surface area (Å²) in [6.45, 7) is 10.3. The number of imidazole rings is 6. The third-order valence-electron chi connectivity index (χ3n) is 21.5. The molecule has 674 valence electrons. The van der Waals surface area contributed by atoms with E-state index >= 15 is 0 Å². The molecule has 0 saturated carbocycles. The quantitative estimate of drug-likeness (QED) is 0.0307. The van der Waals surface area contributed by atoms with Gasteiger partial charge >= 0.3 is 11.4 Å². The Hall–Kier alpha value is -12.2. The fourth-order valence-electron chi connectivity index (χ4n) is 14.0. The van der Waals surface area contributed by atoms with Crippen LogP contribution in [0.15, 0.2) is 69.8 Å². The Morgan fingerprint density at radius 1 is 0.392 bits per heavy atom. The van der Waals surface area contributed by atoms with Gasteiger partial charge in [0.15, 0.2) is 149 Å². The second-order valence-corrected chi connectivity index (χ2v) is 30.0. The number of rotatable bonds is 12. The minimum Gasteiger partial charge on any atom is -0.393 e. The van der Waals surface area contributed by atoms with Crippen LogP contribution in [0.4, 0.5) is 60.1 Å². The van der Waals surface area contributed by atoms with Crippen molar-refractivity contribution in [3.8, 4) is 0 Å². The molecule has 6 aliphatic rings. The number of halogens is 7. The number of aromatic nitrogens is 24. The number of anilines is 5. The lowest BCUT2D eigenvalue weighted by molar-refractivity contribution is -0.115. The fourth-order valence-corrected chi connectivity index (χ4v) is 14.0. The van der Waals surface area contributed by atoms with E-state index in [0.717, 1.165) is 10.9 Å². The number of aliphatic hydroxyl groups is 12. The van der Waals surface area contributed by atoms with Gasteiger partial charge in [-0.1, -0.05) is 0 Å². The van der Waals surface area contributed by atoms with Crippen LogP contribution in [0.2, 0.25) is 0 Å². The standard InChI is InChI=1S/C11H12F2N4O4.C11H11FN6O3.C11H15FN6O3.2C11H14FN5O4.C11H13FN4O4/c1-11(2-18)6(19)4(12)9(21-11)17-3-14-5-7(17)15-10(13)16-8(5)20;1-14-11(2-19)7(20)5(12)10(21-11)18-4-17-6-8(13)15-3-16-9(6)18;1-11(2-19)6(20)4(12)9(21-11)18-3-15-5-7(13)16-10(14)17-8(5)18;1-11(2-18)6(19)4(12)9(21-11)17-3-14-5-7(17)15-10(13)16-8(5)20;1-11(2-18)6(19)4(12)9(21-11)17-3-14-5-7(13)15-10(20)16-8(5)17;1-11(2-17)7(18)5(12)10(20-11)16-4-15-6-8(16)13-3-14-9(6)19/h3-4,6,9,18-19H,2H2,1H3,(H,15,16,20);3-5,7,10,19-20H,2H2,(H2,13,15,16);3-4,6,9,19-20H,2H2,1H3,(H4,13,14,16,17);2*3-4,6,9,18-19H,2H2,1H3,(H3,13,15,16,20);3-5,7,10,17-18H,2H2,1H3,(H,13,14,19). The van der Waals surface area contributed by atoms with Crippen molar-refractivity contribution in [2.45, 2.75) is 179 Å². The van der Waals surface area contributed by atoms with Gasteiger partial charge < -0.3 is 119 Å². The number of alkyl halides is 6. The van der Waals surface area contributed by atoms with Crippen LogP contribution < -0.4 is 51.0 Å². The zero-order valence-electron chi connectivity index (χ0n) is 65.1. The normalized spacial score (nSPS) is 33.0. The minimum absolute atomic E-state index is 0.00243. The van der Waals surface area contributed by atoms with Gasteiger partial charge in [0, 0.05) is 0 Å². The number of fused-ring (bicyclic) bond motifs is 6. The van der Waals surface area contributed by atoms with Crippen molar-refractivity contribution in [3.05, 3.63) is 110 Å². The number of nitrogen functional groups attached to an aromatic ring is 5. The van der Waals surface area contributed by atoms with E-state index < -0.39 is 213 Å². The fraction of sp³-hybridized carbons (Fsp3) is 0.530. The summed E-state index contributed by atoms with van der Waals surface area (Å²) in [6, 6.07) is 0. The molecule has 6 aliphatic heterocycles. The molecule has 52 nitrogen and oxygen atoms in total. The van der Waals surface area contributed by atoms with Gasteiger partial charge in [-0.2, -0.15) is 29.3 Å². The number of aliphatic hydroxyl groups excluding tert-OH is 12. The lowest BCUT2D eigenvalue weighted by atomic mass is 9.99. The molecule has 6 fully saturated rings. The van der Waals surface area contributed by atoms with Crippen molar-refractivity contribution in [2.24, 2.45) is 0 Å². The van der Waals surface area contributed by atoms with Gasteiger partial charge in [-0.25, -0.2) is 82.6 Å². The molecule has 12 aromatic heterocycles. The molecule has 24 atom stereocenters. The predicted octanol–water partition coefficient (Wildman–Crippen LogP) is -6.09. The Kier molecular flexibility index (Phi) is 24.6. The Labute approximate surface area is 689 Å². The van der Waals surface area contributed by atoms with E-state index in [9.17, 15) is 111 Å². The Morgan fingerprint density at radius 2 is 0.728 bits per heavy atom. The molecule has 18 heterocycles. The number of hydrogen-bond acceptors (Lipinski definition) is 41. The molecule has 0 radical (unpaired) electrons. The summed E-state index contributed by atoms with van der Waals surface area (Å²) in [5, 5.41) is 115. The number of nitrogens with zero attached hydrogens (tertiary/aromatic N) is 21. The van der Waals surface area contributed by atoms with Crippen LogP contribution in [-0.4, -0.2) is 325 Å². The molecule has 24 unspecified atom stereocenters. The summed E-state index contributed by atoms with van der Waals surface area (Å²) in [4.78, 5) is 112. The maximum Gasteiger partial charge on any atom is 0.390 e. The molecule has 0 bridgehead atoms. The van der Waals surface area contributed by atoms with Crippen LogP contribution in [-0.2, 0) is 28.4 Å². The van der Waals surface area contributed by atoms with E-state index in [1.54, 1.807) is 0 Å². The smallest absolute Gasteiger partial charge is 0.390 e. The molecule has 0 aliphatic carbocycles. The van der Waals surface area contributed by atoms with Crippen LogP contribution in [0.1, 0.15) is 72.0 Å². The first kappa shape index (κ1) is 90.5. The summed E-state index contributed by atoms with van der Waals surface area (Å²) < 4.78 is 138. The van der Waals surface area contributed by atoms with Crippen molar-refractivity contribution >= 4 is 96.3 Å². The Bertz CT molecular complexity index is 6100. The van der Waals surface area contributed by atoms with Crippen molar-refractivity contribution in [2.75, 3.05) is 68.3 Å². The van der Waals surface area contributed by atoms with Gasteiger partial charge in [-0.05, 0) is 34.6 Å². The second kappa shape index (κ2) is 34.0. The van der Waals surface area contributed by atoms with Crippen LogP contribution in [0.5, 0.6) is 0 Å². The number of H-pyrrole nitrogens is 4. The molecule has 0 spiro atoms. The molecular weight excluding hydrogens is 1700 g/mol. The highest BCUT2D eigenvalue weighted by atomic mass is 19.2.